The minimum absolute atomic E-state index is 0.148. The van der Waals surface area contributed by atoms with Gasteiger partial charge >= 0.3 is 0 Å². The smallest absolute Gasteiger partial charge is 0.264 e. The molecule has 0 fully saturated rings. The lowest BCUT2D eigenvalue weighted by Crippen LogP contribution is -2.09. The van der Waals surface area contributed by atoms with Crippen LogP contribution in [0.3, 0.4) is 0 Å². The molecule has 0 amide bonds. The van der Waals surface area contributed by atoms with Gasteiger partial charge in [-0.1, -0.05) is 0 Å². The maximum absolute atomic E-state index is 10.5. The van der Waals surface area contributed by atoms with E-state index >= 15 is 0 Å². The van der Waals surface area contributed by atoms with Crippen LogP contribution in [0.5, 0.6) is 0 Å². The largest absolute Gasteiger partial charge is 0.335 e. The normalized spacial score (nSPS) is 11.8. The van der Waals surface area contributed by atoms with E-state index in [4.69, 9.17) is 0 Å². The molecular formula is C6H10N2O3S. The Morgan fingerprint density at radius 2 is 2.33 bits per heavy atom. The van der Waals surface area contributed by atoms with Crippen molar-refractivity contribution < 1.29 is 12.6 Å². The van der Waals surface area contributed by atoms with Crippen LogP contribution in [-0.4, -0.2) is 30.8 Å². The van der Waals surface area contributed by atoms with Crippen LogP contribution in [0.4, 0.5) is 0 Å². The fourth-order valence-corrected chi connectivity index (χ4v) is 1.09. The molecule has 0 saturated heterocycles. The molecular weight excluding hydrogens is 180 g/mol. The van der Waals surface area contributed by atoms with Crippen LogP contribution in [0.25, 0.3) is 0 Å². The predicted octanol–water partition coefficient (Wildman–Crippen LogP) is -0.141. The van der Waals surface area contributed by atoms with Crippen molar-refractivity contribution in [2.45, 2.75) is 6.54 Å². The van der Waals surface area contributed by atoms with Crippen LogP contribution in [0, 0.1) is 0 Å². The number of aromatic nitrogens is 2. The molecule has 0 unspecified atom stereocenters. The number of nitrogens with zero attached hydrogens (tertiary/aromatic N) is 2. The molecule has 0 atom stereocenters. The Balaban J connectivity index is 2.29. The Morgan fingerprint density at radius 3 is 2.83 bits per heavy atom. The molecule has 0 aromatic carbocycles. The van der Waals surface area contributed by atoms with Crippen molar-refractivity contribution in [2.24, 2.45) is 0 Å². The SMILES string of the molecule is CS(=O)(=O)OCCn1ccnc1. The van der Waals surface area contributed by atoms with Gasteiger partial charge in [-0.2, -0.15) is 8.42 Å². The summed E-state index contributed by atoms with van der Waals surface area (Å²) in [5.41, 5.74) is 0. The lowest BCUT2D eigenvalue weighted by Gasteiger charge is -2.00. The standard InChI is InChI=1S/C6H10N2O3S/c1-12(9,10)11-5-4-8-3-2-7-6-8/h2-3,6H,4-5H2,1H3. The number of rotatable bonds is 4. The Morgan fingerprint density at radius 1 is 1.58 bits per heavy atom. The van der Waals surface area contributed by atoms with Crippen LogP contribution in [0.2, 0.25) is 0 Å². The molecule has 6 heteroatoms. The Kier molecular flexibility index (Phi) is 2.83. The van der Waals surface area contributed by atoms with Gasteiger partial charge in [0, 0.05) is 18.9 Å². The maximum atomic E-state index is 10.5. The minimum atomic E-state index is -3.31. The summed E-state index contributed by atoms with van der Waals surface area (Å²) in [5.74, 6) is 0. The second-order valence-corrected chi connectivity index (χ2v) is 3.97. The number of imidazole rings is 1. The highest BCUT2D eigenvalue weighted by atomic mass is 32.2. The molecule has 0 aliphatic carbocycles. The van der Waals surface area contributed by atoms with Crippen LogP contribution in [0.1, 0.15) is 0 Å². The lowest BCUT2D eigenvalue weighted by atomic mass is 10.7. The third-order valence-electron chi connectivity index (χ3n) is 1.21. The Labute approximate surface area is 71.1 Å². The van der Waals surface area contributed by atoms with Crippen molar-refractivity contribution in [1.82, 2.24) is 9.55 Å². The summed E-state index contributed by atoms with van der Waals surface area (Å²) in [4.78, 5) is 3.80. The maximum Gasteiger partial charge on any atom is 0.264 e. The first-order valence-corrected chi connectivity index (χ1v) is 5.20. The number of hydrogen-bond acceptors (Lipinski definition) is 4. The molecule has 1 aromatic heterocycles. The molecule has 0 radical (unpaired) electrons. The second-order valence-electron chi connectivity index (χ2n) is 2.33. The molecule has 0 N–H and O–H groups in total. The Hall–Kier alpha value is -0.880. The van der Waals surface area contributed by atoms with E-state index in [0.29, 0.717) is 6.54 Å². The molecule has 68 valence electrons. The highest BCUT2D eigenvalue weighted by Crippen LogP contribution is 1.90. The fourth-order valence-electron chi connectivity index (χ4n) is 0.713. The third-order valence-corrected chi connectivity index (χ3v) is 1.80. The van der Waals surface area contributed by atoms with E-state index in [2.05, 4.69) is 9.17 Å². The van der Waals surface area contributed by atoms with E-state index in [0.717, 1.165) is 6.26 Å². The van der Waals surface area contributed by atoms with Gasteiger partial charge in [-0.05, 0) is 0 Å². The molecule has 1 rings (SSSR count). The topological polar surface area (TPSA) is 61.2 Å². The highest BCUT2D eigenvalue weighted by Gasteiger charge is 2.00. The van der Waals surface area contributed by atoms with E-state index in [1.807, 2.05) is 0 Å². The first kappa shape index (κ1) is 9.21. The first-order valence-electron chi connectivity index (χ1n) is 3.38. The van der Waals surface area contributed by atoms with Crippen molar-refractivity contribution in [1.29, 1.82) is 0 Å². The lowest BCUT2D eigenvalue weighted by molar-refractivity contribution is 0.304. The number of hydrogen-bond donors (Lipinski definition) is 0. The van der Waals surface area contributed by atoms with E-state index in [-0.39, 0.29) is 6.61 Å². The molecule has 0 aliphatic rings. The van der Waals surface area contributed by atoms with Crippen LogP contribution in [-0.2, 0) is 20.8 Å². The van der Waals surface area contributed by atoms with E-state index < -0.39 is 10.1 Å². The van der Waals surface area contributed by atoms with Crippen molar-refractivity contribution >= 4 is 10.1 Å². The van der Waals surface area contributed by atoms with Gasteiger partial charge in [0.05, 0.1) is 19.2 Å². The van der Waals surface area contributed by atoms with Crippen molar-refractivity contribution in [3.05, 3.63) is 18.7 Å². The van der Waals surface area contributed by atoms with Crippen LogP contribution in [0.15, 0.2) is 18.7 Å². The fraction of sp³-hybridized carbons (Fsp3) is 0.500. The summed E-state index contributed by atoms with van der Waals surface area (Å²) in [7, 11) is -3.31. The quantitative estimate of drug-likeness (QED) is 0.620. The summed E-state index contributed by atoms with van der Waals surface area (Å²) in [6.07, 6.45) is 6.00. The van der Waals surface area contributed by atoms with Crippen molar-refractivity contribution in [2.75, 3.05) is 12.9 Å². The molecule has 1 heterocycles. The molecule has 0 aliphatic heterocycles. The summed E-state index contributed by atoms with van der Waals surface area (Å²) in [6.45, 7) is 0.641. The van der Waals surface area contributed by atoms with Gasteiger partial charge < -0.3 is 4.57 Å². The van der Waals surface area contributed by atoms with Gasteiger partial charge in [-0.25, -0.2) is 4.98 Å². The van der Waals surface area contributed by atoms with Gasteiger partial charge in [-0.15, -0.1) is 0 Å². The van der Waals surface area contributed by atoms with E-state index in [1.165, 1.54) is 0 Å². The van der Waals surface area contributed by atoms with Crippen LogP contribution >= 0.6 is 0 Å². The first-order chi connectivity index (χ1) is 5.58. The van der Waals surface area contributed by atoms with Gasteiger partial charge in [0.2, 0.25) is 0 Å². The third kappa shape index (κ3) is 3.49. The van der Waals surface area contributed by atoms with E-state index in [1.54, 1.807) is 23.3 Å². The van der Waals surface area contributed by atoms with Crippen LogP contribution < -0.4 is 0 Å². The van der Waals surface area contributed by atoms with E-state index in [9.17, 15) is 8.42 Å². The average Bonchev–Trinajstić information content (AvgIpc) is 2.36. The molecule has 0 spiro atoms. The van der Waals surface area contributed by atoms with Gasteiger partial charge in [-0.3, -0.25) is 4.18 Å². The second kappa shape index (κ2) is 3.68. The van der Waals surface area contributed by atoms with Gasteiger partial charge in [0.1, 0.15) is 0 Å². The monoisotopic (exact) mass is 190 g/mol. The van der Waals surface area contributed by atoms with Crippen molar-refractivity contribution in [3.63, 3.8) is 0 Å². The highest BCUT2D eigenvalue weighted by molar-refractivity contribution is 7.85. The summed E-state index contributed by atoms with van der Waals surface area (Å²) in [5, 5.41) is 0. The molecule has 12 heavy (non-hydrogen) atoms. The summed E-state index contributed by atoms with van der Waals surface area (Å²) >= 11 is 0. The molecule has 5 nitrogen and oxygen atoms in total. The molecule has 1 aromatic rings. The zero-order chi connectivity index (χ0) is 9.03. The zero-order valence-corrected chi connectivity index (χ0v) is 7.49. The summed E-state index contributed by atoms with van der Waals surface area (Å²) in [6, 6.07) is 0. The van der Waals surface area contributed by atoms with Gasteiger partial charge in [0.25, 0.3) is 10.1 Å². The Bertz CT molecular complexity index is 317. The predicted molar refractivity (Wildman–Crippen MR) is 43.0 cm³/mol. The average molecular weight is 190 g/mol. The molecule has 0 bridgehead atoms. The van der Waals surface area contributed by atoms with Crippen molar-refractivity contribution in [3.8, 4) is 0 Å². The summed E-state index contributed by atoms with van der Waals surface area (Å²) < 4.78 is 27.3. The molecule has 0 saturated carbocycles. The minimum Gasteiger partial charge on any atom is -0.335 e. The zero-order valence-electron chi connectivity index (χ0n) is 6.67. The van der Waals surface area contributed by atoms with Gasteiger partial charge in [0.15, 0.2) is 0 Å².